The van der Waals surface area contributed by atoms with Crippen molar-refractivity contribution >= 4 is 0 Å². The van der Waals surface area contributed by atoms with E-state index >= 15 is 0 Å². The Morgan fingerprint density at radius 2 is 2.12 bits per heavy atom. The molecule has 4 nitrogen and oxygen atoms in total. The Morgan fingerprint density at radius 1 is 1.41 bits per heavy atom. The number of hydrogen-bond acceptors (Lipinski definition) is 4. The first-order valence-electron chi connectivity index (χ1n) is 5.58. The highest BCUT2D eigenvalue weighted by atomic mass is 19.1. The highest BCUT2D eigenvalue weighted by Crippen LogP contribution is 2.29. The summed E-state index contributed by atoms with van der Waals surface area (Å²) < 4.78 is 18.4. The minimum Gasteiger partial charge on any atom is -0.493 e. The number of ether oxygens (including phenoxy) is 1. The summed E-state index contributed by atoms with van der Waals surface area (Å²) in [6.07, 6.45) is -1.99. The van der Waals surface area contributed by atoms with Gasteiger partial charge in [-0.3, -0.25) is 0 Å². The monoisotopic (exact) mass is 243 g/mol. The number of aliphatic hydroxyl groups excluding tert-OH is 2. The minimum atomic E-state index is -1.20. The zero-order valence-electron chi connectivity index (χ0n) is 9.77. The maximum absolute atomic E-state index is 13.1. The van der Waals surface area contributed by atoms with Gasteiger partial charge in [0, 0.05) is 5.56 Å². The molecule has 0 radical (unpaired) electrons. The molecule has 0 aliphatic rings. The Labute approximate surface area is 99.8 Å². The molecule has 0 amide bonds. The maximum Gasteiger partial charge on any atom is 0.125 e. The maximum atomic E-state index is 13.1. The van der Waals surface area contributed by atoms with Gasteiger partial charge >= 0.3 is 0 Å². The molecule has 0 heterocycles. The average molecular weight is 243 g/mol. The van der Waals surface area contributed by atoms with Gasteiger partial charge in [0.15, 0.2) is 0 Å². The van der Waals surface area contributed by atoms with Crippen LogP contribution in [0.3, 0.4) is 0 Å². The third-order valence-electron chi connectivity index (χ3n) is 2.42. The molecule has 2 unspecified atom stereocenters. The van der Waals surface area contributed by atoms with E-state index in [2.05, 4.69) is 0 Å². The predicted molar refractivity (Wildman–Crippen MR) is 62.2 cm³/mol. The van der Waals surface area contributed by atoms with Crippen LogP contribution in [0.4, 0.5) is 4.39 Å². The number of benzene rings is 1. The third-order valence-corrected chi connectivity index (χ3v) is 2.42. The fraction of sp³-hybridized carbons (Fsp3) is 0.500. The first-order valence-corrected chi connectivity index (χ1v) is 5.58. The van der Waals surface area contributed by atoms with E-state index in [1.807, 2.05) is 0 Å². The largest absolute Gasteiger partial charge is 0.493 e. The first-order chi connectivity index (χ1) is 8.10. The molecule has 0 aliphatic carbocycles. The lowest BCUT2D eigenvalue weighted by Crippen LogP contribution is -2.22. The first kappa shape index (κ1) is 13.9. The standard InChI is InChI=1S/C12H18FNO3/c1-2-17-11-4-3-8(13)7-9(11)12(16)10(15)5-6-14/h3-4,7,10,12,15-16H,2,5-6,14H2,1H3. The third kappa shape index (κ3) is 3.66. The number of halogens is 1. The summed E-state index contributed by atoms with van der Waals surface area (Å²) in [6, 6.07) is 3.85. The van der Waals surface area contributed by atoms with Crippen LogP contribution in [0.5, 0.6) is 5.75 Å². The van der Waals surface area contributed by atoms with Crippen molar-refractivity contribution in [2.24, 2.45) is 5.73 Å². The topological polar surface area (TPSA) is 75.7 Å². The van der Waals surface area contributed by atoms with Gasteiger partial charge in [0.2, 0.25) is 0 Å². The normalized spacial score (nSPS) is 14.4. The van der Waals surface area contributed by atoms with E-state index in [4.69, 9.17) is 10.5 Å². The lowest BCUT2D eigenvalue weighted by Gasteiger charge is -2.20. The Morgan fingerprint density at radius 3 is 2.71 bits per heavy atom. The Balaban J connectivity index is 2.96. The zero-order chi connectivity index (χ0) is 12.8. The smallest absolute Gasteiger partial charge is 0.125 e. The van der Waals surface area contributed by atoms with Crippen molar-refractivity contribution < 1.29 is 19.3 Å². The summed E-state index contributed by atoms with van der Waals surface area (Å²) in [7, 11) is 0. The molecule has 17 heavy (non-hydrogen) atoms. The van der Waals surface area contributed by atoms with Crippen LogP contribution in [-0.4, -0.2) is 29.5 Å². The fourth-order valence-corrected chi connectivity index (χ4v) is 1.57. The van der Waals surface area contributed by atoms with Gasteiger partial charge in [-0.15, -0.1) is 0 Å². The summed E-state index contributed by atoms with van der Waals surface area (Å²) in [5.74, 6) is -0.111. The number of nitrogens with two attached hydrogens (primary N) is 1. The van der Waals surface area contributed by atoms with Crippen molar-refractivity contribution in [2.45, 2.75) is 25.6 Å². The van der Waals surface area contributed by atoms with Gasteiger partial charge in [-0.2, -0.15) is 0 Å². The number of rotatable bonds is 6. The van der Waals surface area contributed by atoms with Gasteiger partial charge in [0.25, 0.3) is 0 Å². The summed E-state index contributed by atoms with van der Waals surface area (Å²) >= 11 is 0. The van der Waals surface area contributed by atoms with E-state index < -0.39 is 18.0 Å². The van der Waals surface area contributed by atoms with Crippen molar-refractivity contribution in [2.75, 3.05) is 13.2 Å². The second-order valence-electron chi connectivity index (χ2n) is 3.70. The van der Waals surface area contributed by atoms with Crippen LogP contribution in [0.25, 0.3) is 0 Å². The predicted octanol–water partition coefficient (Wildman–Crippen LogP) is 0.968. The van der Waals surface area contributed by atoms with Gasteiger partial charge < -0.3 is 20.7 Å². The molecule has 1 rings (SSSR count). The second kappa shape index (κ2) is 6.54. The van der Waals surface area contributed by atoms with Crippen molar-refractivity contribution in [1.82, 2.24) is 0 Å². The molecular weight excluding hydrogens is 225 g/mol. The Bertz CT molecular complexity index is 360. The van der Waals surface area contributed by atoms with Gasteiger partial charge in [-0.1, -0.05) is 0 Å². The molecule has 0 spiro atoms. The molecule has 1 aromatic rings. The van der Waals surface area contributed by atoms with Crippen LogP contribution < -0.4 is 10.5 Å². The zero-order valence-corrected chi connectivity index (χ0v) is 9.77. The Kier molecular flexibility index (Phi) is 5.34. The molecule has 0 saturated carbocycles. The molecule has 1 aromatic carbocycles. The fourth-order valence-electron chi connectivity index (χ4n) is 1.57. The van der Waals surface area contributed by atoms with Crippen LogP contribution in [-0.2, 0) is 0 Å². The van der Waals surface area contributed by atoms with Gasteiger partial charge in [-0.25, -0.2) is 4.39 Å². The molecular formula is C12H18FNO3. The highest BCUT2D eigenvalue weighted by Gasteiger charge is 2.21. The van der Waals surface area contributed by atoms with E-state index in [0.717, 1.165) is 6.07 Å². The lowest BCUT2D eigenvalue weighted by molar-refractivity contribution is 0.0132. The Hall–Kier alpha value is -1.17. The summed E-state index contributed by atoms with van der Waals surface area (Å²) in [4.78, 5) is 0. The van der Waals surface area contributed by atoms with Crippen LogP contribution in [0.2, 0.25) is 0 Å². The van der Waals surface area contributed by atoms with E-state index in [9.17, 15) is 14.6 Å². The molecule has 5 heteroatoms. The van der Waals surface area contributed by atoms with Crippen molar-refractivity contribution in [1.29, 1.82) is 0 Å². The van der Waals surface area contributed by atoms with Crippen molar-refractivity contribution in [3.63, 3.8) is 0 Å². The van der Waals surface area contributed by atoms with E-state index in [0.29, 0.717) is 12.4 Å². The van der Waals surface area contributed by atoms with Gasteiger partial charge in [-0.05, 0) is 38.1 Å². The van der Waals surface area contributed by atoms with E-state index in [1.165, 1.54) is 12.1 Å². The van der Waals surface area contributed by atoms with Crippen LogP contribution in [0.1, 0.15) is 25.0 Å². The molecule has 0 aromatic heterocycles. The van der Waals surface area contributed by atoms with Gasteiger partial charge in [0.1, 0.15) is 17.7 Å². The van der Waals surface area contributed by atoms with Crippen molar-refractivity contribution in [3.05, 3.63) is 29.6 Å². The number of hydrogen-bond donors (Lipinski definition) is 3. The molecule has 0 fully saturated rings. The lowest BCUT2D eigenvalue weighted by atomic mass is 10.0. The molecule has 4 N–H and O–H groups in total. The quantitative estimate of drug-likeness (QED) is 0.696. The van der Waals surface area contributed by atoms with E-state index in [1.54, 1.807) is 6.92 Å². The molecule has 0 bridgehead atoms. The van der Waals surface area contributed by atoms with Crippen LogP contribution >= 0.6 is 0 Å². The van der Waals surface area contributed by atoms with Crippen LogP contribution in [0.15, 0.2) is 18.2 Å². The minimum absolute atomic E-state index is 0.239. The van der Waals surface area contributed by atoms with E-state index in [-0.39, 0.29) is 18.5 Å². The van der Waals surface area contributed by atoms with Crippen molar-refractivity contribution in [3.8, 4) is 5.75 Å². The average Bonchev–Trinajstić information content (AvgIpc) is 2.31. The summed E-state index contributed by atoms with van der Waals surface area (Å²) in [5.41, 5.74) is 5.54. The molecule has 2 atom stereocenters. The highest BCUT2D eigenvalue weighted by molar-refractivity contribution is 5.36. The molecule has 0 saturated heterocycles. The summed E-state index contributed by atoms with van der Waals surface area (Å²) in [6.45, 7) is 2.44. The van der Waals surface area contributed by atoms with Crippen LogP contribution in [0, 0.1) is 5.82 Å². The molecule has 0 aliphatic heterocycles. The summed E-state index contributed by atoms with van der Waals surface area (Å²) in [5, 5.41) is 19.5. The number of aliphatic hydroxyl groups is 2. The van der Waals surface area contributed by atoms with Gasteiger partial charge in [0.05, 0.1) is 12.7 Å². The molecule has 96 valence electrons. The SMILES string of the molecule is CCOc1ccc(F)cc1C(O)C(O)CCN. The second-order valence-corrected chi connectivity index (χ2v) is 3.70.